The summed E-state index contributed by atoms with van der Waals surface area (Å²) in [5.41, 5.74) is 6.62. The van der Waals surface area contributed by atoms with Crippen LogP contribution in [-0.4, -0.2) is 31.4 Å². The van der Waals surface area contributed by atoms with Crippen LogP contribution in [0.1, 0.15) is 65.2 Å². The van der Waals surface area contributed by atoms with Gasteiger partial charge in [-0.3, -0.25) is 4.79 Å². The molecule has 0 aliphatic heterocycles. The monoisotopic (exact) mass is 406 g/mol. The summed E-state index contributed by atoms with van der Waals surface area (Å²) in [6, 6.07) is 12.9. The first-order chi connectivity index (χ1) is 14.0. The van der Waals surface area contributed by atoms with Crippen LogP contribution < -0.4 is 5.32 Å². The molecule has 3 aromatic rings. The lowest BCUT2D eigenvalue weighted by Crippen LogP contribution is -2.34. The SMILES string of the molecule is Cc1cc2oc(C(=O)NC[C@@H](c3ccc(C(C)(C)C)cc3)N(C)C)c(C)c2cc1C. The smallest absolute Gasteiger partial charge is 0.287 e. The van der Waals surface area contributed by atoms with Gasteiger partial charge >= 0.3 is 0 Å². The van der Waals surface area contributed by atoms with Gasteiger partial charge in [-0.25, -0.2) is 0 Å². The molecule has 160 valence electrons. The fourth-order valence-electron chi connectivity index (χ4n) is 3.77. The Morgan fingerprint density at radius 2 is 1.63 bits per heavy atom. The molecule has 0 radical (unpaired) electrons. The van der Waals surface area contributed by atoms with Crippen molar-refractivity contribution in [3.63, 3.8) is 0 Å². The number of hydrogen-bond acceptors (Lipinski definition) is 3. The third-order valence-corrected chi connectivity index (χ3v) is 6.00. The molecule has 4 heteroatoms. The molecular formula is C26H34N2O2. The van der Waals surface area contributed by atoms with E-state index in [9.17, 15) is 4.79 Å². The van der Waals surface area contributed by atoms with Gasteiger partial charge in [0.15, 0.2) is 5.76 Å². The summed E-state index contributed by atoms with van der Waals surface area (Å²) in [5, 5.41) is 4.09. The van der Waals surface area contributed by atoms with Gasteiger partial charge in [-0.05, 0) is 74.7 Å². The van der Waals surface area contributed by atoms with Gasteiger partial charge in [0.1, 0.15) is 5.58 Å². The lowest BCUT2D eigenvalue weighted by atomic mass is 9.86. The molecule has 0 saturated carbocycles. The number of amides is 1. The number of furan rings is 1. The van der Waals surface area contributed by atoms with E-state index in [-0.39, 0.29) is 17.4 Å². The standard InChI is InChI=1S/C26H34N2O2/c1-16-13-21-18(3)24(30-23(21)14-17(16)2)25(29)27-15-22(28(7)8)19-9-11-20(12-10-19)26(4,5)6/h9-14,22H,15H2,1-8H3,(H,27,29)/t22-/m0/s1. The summed E-state index contributed by atoms with van der Waals surface area (Å²) in [5.74, 6) is 0.229. The quantitative estimate of drug-likeness (QED) is 0.592. The molecule has 1 atom stereocenters. The summed E-state index contributed by atoms with van der Waals surface area (Å²) in [7, 11) is 4.07. The summed E-state index contributed by atoms with van der Waals surface area (Å²) in [6.45, 7) is 13.2. The normalized spacial score (nSPS) is 13.1. The molecule has 4 nitrogen and oxygen atoms in total. The first kappa shape index (κ1) is 22.1. The largest absolute Gasteiger partial charge is 0.451 e. The second kappa shape index (κ2) is 8.27. The molecule has 0 bridgehead atoms. The zero-order valence-corrected chi connectivity index (χ0v) is 19.5. The van der Waals surface area contributed by atoms with Crippen molar-refractivity contribution in [2.75, 3.05) is 20.6 Å². The summed E-state index contributed by atoms with van der Waals surface area (Å²) < 4.78 is 5.92. The minimum Gasteiger partial charge on any atom is -0.451 e. The first-order valence-corrected chi connectivity index (χ1v) is 10.5. The Bertz CT molecular complexity index is 1050. The van der Waals surface area contributed by atoms with E-state index in [0.717, 1.165) is 22.1 Å². The Labute approximate surface area is 180 Å². The topological polar surface area (TPSA) is 45.5 Å². The predicted molar refractivity (Wildman–Crippen MR) is 124 cm³/mol. The summed E-state index contributed by atoms with van der Waals surface area (Å²) >= 11 is 0. The van der Waals surface area contributed by atoms with Gasteiger partial charge in [0.05, 0.1) is 6.04 Å². The lowest BCUT2D eigenvalue weighted by Gasteiger charge is -2.26. The van der Waals surface area contributed by atoms with Crippen LogP contribution in [0.5, 0.6) is 0 Å². The fraction of sp³-hybridized carbons (Fsp3) is 0.423. The number of hydrogen-bond donors (Lipinski definition) is 1. The number of fused-ring (bicyclic) bond motifs is 1. The zero-order valence-electron chi connectivity index (χ0n) is 19.5. The Morgan fingerprint density at radius 3 is 2.20 bits per heavy atom. The minimum atomic E-state index is -0.169. The highest BCUT2D eigenvalue weighted by molar-refractivity contribution is 5.99. The summed E-state index contributed by atoms with van der Waals surface area (Å²) in [6.07, 6.45) is 0. The maximum atomic E-state index is 12.9. The van der Waals surface area contributed by atoms with E-state index in [1.54, 1.807) is 0 Å². The Hall–Kier alpha value is -2.59. The highest BCUT2D eigenvalue weighted by Crippen LogP contribution is 2.29. The number of nitrogens with zero attached hydrogens (tertiary/aromatic N) is 1. The molecule has 1 heterocycles. The molecule has 1 N–H and O–H groups in total. The number of carbonyl (C=O) groups is 1. The summed E-state index contributed by atoms with van der Waals surface area (Å²) in [4.78, 5) is 15.1. The molecule has 0 saturated heterocycles. The van der Waals surface area contributed by atoms with Crippen LogP contribution in [0.15, 0.2) is 40.8 Å². The molecule has 0 spiro atoms. The number of aryl methyl sites for hydroxylation is 3. The van der Waals surface area contributed by atoms with Gasteiger partial charge < -0.3 is 14.6 Å². The average Bonchev–Trinajstić information content (AvgIpc) is 2.97. The zero-order chi connectivity index (χ0) is 22.2. The van der Waals surface area contributed by atoms with Crippen molar-refractivity contribution >= 4 is 16.9 Å². The van der Waals surface area contributed by atoms with Gasteiger partial charge in [0, 0.05) is 17.5 Å². The highest BCUT2D eigenvalue weighted by atomic mass is 16.3. The molecule has 1 amide bonds. The predicted octanol–water partition coefficient (Wildman–Crippen LogP) is 5.69. The van der Waals surface area contributed by atoms with Crippen LogP contribution in [0.3, 0.4) is 0 Å². The lowest BCUT2D eigenvalue weighted by molar-refractivity contribution is 0.0915. The molecule has 1 aromatic heterocycles. The van der Waals surface area contributed by atoms with Crippen molar-refractivity contribution in [3.05, 3.63) is 70.0 Å². The third kappa shape index (κ3) is 4.44. The van der Waals surface area contributed by atoms with E-state index in [4.69, 9.17) is 4.42 Å². The van der Waals surface area contributed by atoms with Crippen LogP contribution in [0.4, 0.5) is 0 Å². The average molecular weight is 407 g/mol. The van der Waals surface area contributed by atoms with E-state index in [1.807, 2.05) is 27.1 Å². The van der Waals surface area contributed by atoms with Crippen molar-refractivity contribution in [1.82, 2.24) is 10.2 Å². The molecule has 2 aromatic carbocycles. The van der Waals surface area contributed by atoms with Gasteiger partial charge in [-0.15, -0.1) is 0 Å². The second-order valence-corrected chi connectivity index (χ2v) is 9.55. The van der Waals surface area contributed by atoms with Crippen molar-refractivity contribution in [2.24, 2.45) is 0 Å². The molecule has 3 rings (SSSR count). The molecular weight excluding hydrogens is 372 g/mol. The maximum Gasteiger partial charge on any atom is 0.287 e. The third-order valence-electron chi connectivity index (χ3n) is 6.00. The number of nitrogens with one attached hydrogen (secondary N) is 1. The van der Waals surface area contributed by atoms with Gasteiger partial charge in [0.2, 0.25) is 0 Å². The van der Waals surface area contributed by atoms with E-state index in [2.05, 4.69) is 75.2 Å². The van der Waals surface area contributed by atoms with Crippen molar-refractivity contribution in [1.29, 1.82) is 0 Å². The van der Waals surface area contributed by atoms with Gasteiger partial charge in [-0.1, -0.05) is 45.0 Å². The van der Waals surface area contributed by atoms with Crippen LogP contribution in [0.25, 0.3) is 11.0 Å². The van der Waals surface area contributed by atoms with E-state index in [1.165, 1.54) is 16.7 Å². The molecule has 0 aliphatic rings. The van der Waals surface area contributed by atoms with Crippen molar-refractivity contribution in [2.45, 2.75) is 53.0 Å². The van der Waals surface area contributed by atoms with E-state index in [0.29, 0.717) is 12.3 Å². The number of likely N-dealkylation sites (N-methyl/N-ethyl adjacent to an activating group) is 1. The minimum absolute atomic E-state index is 0.0807. The number of rotatable bonds is 5. The molecule has 30 heavy (non-hydrogen) atoms. The van der Waals surface area contributed by atoms with Gasteiger partial charge in [0.25, 0.3) is 5.91 Å². The van der Waals surface area contributed by atoms with Crippen molar-refractivity contribution in [3.8, 4) is 0 Å². The van der Waals surface area contributed by atoms with E-state index < -0.39 is 0 Å². The van der Waals surface area contributed by atoms with Crippen LogP contribution in [0.2, 0.25) is 0 Å². The molecule has 0 fully saturated rings. The Kier molecular flexibility index (Phi) is 6.09. The second-order valence-electron chi connectivity index (χ2n) is 9.55. The first-order valence-electron chi connectivity index (χ1n) is 10.5. The van der Waals surface area contributed by atoms with Gasteiger partial charge in [-0.2, -0.15) is 0 Å². The Morgan fingerprint density at radius 1 is 1.03 bits per heavy atom. The van der Waals surface area contributed by atoms with Crippen molar-refractivity contribution < 1.29 is 9.21 Å². The maximum absolute atomic E-state index is 12.9. The molecule has 0 aliphatic carbocycles. The Balaban J connectivity index is 1.79. The number of benzene rings is 2. The van der Waals surface area contributed by atoms with Crippen LogP contribution >= 0.6 is 0 Å². The van der Waals surface area contributed by atoms with Crippen LogP contribution in [-0.2, 0) is 5.41 Å². The highest BCUT2D eigenvalue weighted by Gasteiger charge is 2.21. The van der Waals surface area contributed by atoms with E-state index >= 15 is 0 Å². The molecule has 0 unspecified atom stereocenters. The number of carbonyl (C=O) groups excluding carboxylic acids is 1. The van der Waals surface area contributed by atoms with Crippen LogP contribution in [0, 0.1) is 20.8 Å². The fourth-order valence-corrected chi connectivity index (χ4v) is 3.77.